The number of carbonyl (C=O) groups excluding carboxylic acids is 2. The van der Waals surface area contributed by atoms with Crippen LogP contribution in [0.3, 0.4) is 0 Å². The van der Waals surface area contributed by atoms with Crippen molar-refractivity contribution in [2.24, 2.45) is 5.16 Å². The lowest BCUT2D eigenvalue weighted by molar-refractivity contribution is 0.0515. The summed E-state index contributed by atoms with van der Waals surface area (Å²) in [6.45, 7) is 1.78. The molecule has 0 radical (unpaired) electrons. The Bertz CT molecular complexity index is 1030. The molecule has 0 saturated carbocycles. The van der Waals surface area contributed by atoms with Gasteiger partial charge in [0.25, 0.3) is 0 Å². The average Bonchev–Trinajstić information content (AvgIpc) is 2.75. The number of nitrogens with zero attached hydrogens (tertiary/aromatic N) is 1. The first kappa shape index (κ1) is 20.9. The van der Waals surface area contributed by atoms with Crippen LogP contribution in [0.5, 0.6) is 0 Å². The summed E-state index contributed by atoms with van der Waals surface area (Å²) < 4.78 is 0. The number of hydrogen-bond donors (Lipinski definition) is 1. The van der Waals surface area contributed by atoms with Crippen molar-refractivity contribution in [1.29, 1.82) is 0 Å². The van der Waals surface area contributed by atoms with E-state index >= 15 is 0 Å². The molecule has 6 heteroatoms. The molecule has 0 unspecified atom stereocenters. The van der Waals surface area contributed by atoms with Crippen molar-refractivity contribution >= 4 is 41.9 Å². The fraction of sp³-hybridized carbons (Fsp3) is 0.0870. The number of benzene rings is 3. The van der Waals surface area contributed by atoms with E-state index < -0.39 is 5.97 Å². The van der Waals surface area contributed by atoms with Crippen LogP contribution >= 0.6 is 24.4 Å². The van der Waals surface area contributed by atoms with Crippen LogP contribution in [0.2, 0.25) is 0 Å². The molecule has 0 spiro atoms. The normalized spacial score (nSPS) is 11.2. The van der Waals surface area contributed by atoms with Gasteiger partial charge in [-0.25, -0.2) is 4.79 Å². The maximum atomic E-state index is 12.8. The zero-order chi connectivity index (χ0) is 20.6. The molecule has 0 aliphatic heterocycles. The van der Waals surface area contributed by atoms with E-state index in [1.807, 2.05) is 42.5 Å². The van der Waals surface area contributed by atoms with Gasteiger partial charge in [-0.1, -0.05) is 60.2 Å². The van der Waals surface area contributed by atoms with Crippen LogP contribution in [0.25, 0.3) is 0 Å². The highest BCUT2D eigenvalue weighted by atomic mass is 32.2. The maximum absolute atomic E-state index is 12.8. The molecule has 146 valence electrons. The van der Waals surface area contributed by atoms with Gasteiger partial charge in [0, 0.05) is 20.2 Å². The quantitative estimate of drug-likeness (QED) is 0.169. The predicted molar refractivity (Wildman–Crippen MR) is 118 cm³/mol. The molecule has 29 heavy (non-hydrogen) atoms. The number of rotatable bonds is 7. The van der Waals surface area contributed by atoms with Crippen LogP contribution in [0, 0.1) is 0 Å². The predicted octanol–water partition coefficient (Wildman–Crippen LogP) is 5.93. The molecule has 0 N–H and O–H groups in total. The smallest absolute Gasteiger partial charge is 0.312 e. The van der Waals surface area contributed by atoms with E-state index in [1.165, 1.54) is 0 Å². The van der Waals surface area contributed by atoms with Gasteiger partial charge in [-0.2, -0.15) is 0 Å². The number of oxime groups is 1. The van der Waals surface area contributed by atoms with Gasteiger partial charge >= 0.3 is 5.97 Å². The number of thiol groups is 1. The van der Waals surface area contributed by atoms with E-state index in [1.54, 1.807) is 55.1 Å². The van der Waals surface area contributed by atoms with Crippen LogP contribution in [0.15, 0.2) is 98.7 Å². The summed E-state index contributed by atoms with van der Waals surface area (Å²) in [6, 6.07) is 23.9. The topological polar surface area (TPSA) is 55.7 Å². The van der Waals surface area contributed by atoms with Crippen molar-refractivity contribution in [2.75, 3.05) is 0 Å². The second-order valence-electron chi connectivity index (χ2n) is 6.06. The molecule has 0 aliphatic rings. The molecule has 0 atom stereocenters. The Morgan fingerprint density at radius 3 is 2.21 bits per heavy atom. The highest BCUT2D eigenvalue weighted by Gasteiger charge is 2.18. The van der Waals surface area contributed by atoms with E-state index in [9.17, 15) is 9.59 Å². The first-order chi connectivity index (χ1) is 14.1. The molecule has 0 amide bonds. The Morgan fingerprint density at radius 1 is 0.931 bits per heavy atom. The minimum absolute atomic E-state index is 0.160. The third-order valence-corrected chi connectivity index (χ3v) is 5.41. The lowest BCUT2D eigenvalue weighted by Crippen LogP contribution is -2.16. The van der Waals surface area contributed by atoms with Gasteiger partial charge < -0.3 is 4.84 Å². The van der Waals surface area contributed by atoms with Crippen LogP contribution in [0.1, 0.15) is 34.1 Å². The first-order valence-corrected chi connectivity index (χ1v) is 10.3. The Hall–Kier alpha value is -2.83. The zero-order valence-corrected chi connectivity index (χ0v) is 17.5. The molecular weight excluding hydrogens is 402 g/mol. The Kier molecular flexibility index (Phi) is 7.27. The van der Waals surface area contributed by atoms with Gasteiger partial charge in [-0.15, -0.1) is 12.6 Å². The van der Waals surface area contributed by atoms with Gasteiger partial charge in [0.15, 0.2) is 0 Å². The van der Waals surface area contributed by atoms with Crippen molar-refractivity contribution in [3.8, 4) is 0 Å². The maximum Gasteiger partial charge on any atom is 0.365 e. The van der Waals surface area contributed by atoms with Crippen molar-refractivity contribution in [3.05, 3.63) is 90.0 Å². The van der Waals surface area contributed by atoms with E-state index in [0.717, 1.165) is 9.79 Å². The number of Topliss-reactive ketones (excluding diaryl/α,β-unsaturated/α-hetero) is 1. The monoisotopic (exact) mass is 421 g/mol. The number of hydrogen-bond acceptors (Lipinski definition) is 6. The zero-order valence-electron chi connectivity index (χ0n) is 15.7. The third kappa shape index (κ3) is 5.59. The number of ketones is 1. The van der Waals surface area contributed by atoms with Gasteiger partial charge in [0.2, 0.25) is 5.78 Å². The third-order valence-electron chi connectivity index (χ3n) is 4.04. The minimum Gasteiger partial charge on any atom is -0.312 e. The largest absolute Gasteiger partial charge is 0.365 e. The second kappa shape index (κ2) is 10.1. The molecule has 3 rings (SSSR count). The van der Waals surface area contributed by atoms with Crippen LogP contribution in [-0.4, -0.2) is 17.5 Å². The standard InChI is InChI=1S/C23H19NO3S2/c1-2-20(24-27-23(26)16-9-5-3-6-10-16)22(25)19-14-13-18(15-21(19)28)29-17-11-7-4-8-12-17/h3-15,28H,2H2,1H3. The van der Waals surface area contributed by atoms with Crippen molar-refractivity contribution < 1.29 is 14.4 Å². The lowest BCUT2D eigenvalue weighted by atomic mass is 10.1. The highest BCUT2D eigenvalue weighted by Crippen LogP contribution is 2.30. The summed E-state index contributed by atoms with van der Waals surface area (Å²) >= 11 is 6.06. The molecule has 0 aliphatic carbocycles. The van der Waals surface area contributed by atoms with E-state index in [4.69, 9.17) is 4.84 Å². The average molecular weight is 422 g/mol. The summed E-state index contributed by atoms with van der Waals surface area (Å²) in [7, 11) is 0. The molecule has 0 aromatic heterocycles. The van der Waals surface area contributed by atoms with Gasteiger partial charge in [-0.05, 0) is 48.9 Å². The molecule has 0 saturated heterocycles. The van der Waals surface area contributed by atoms with Gasteiger partial charge in [0.05, 0.1) is 5.56 Å². The molecule has 4 nitrogen and oxygen atoms in total. The van der Waals surface area contributed by atoms with Gasteiger partial charge in [-0.3, -0.25) is 4.79 Å². The summed E-state index contributed by atoms with van der Waals surface area (Å²) in [5.41, 5.74) is 0.950. The molecule has 0 bridgehead atoms. The van der Waals surface area contributed by atoms with Crippen LogP contribution < -0.4 is 0 Å². The highest BCUT2D eigenvalue weighted by molar-refractivity contribution is 7.99. The summed E-state index contributed by atoms with van der Waals surface area (Å²) in [6.07, 6.45) is 0.328. The fourth-order valence-corrected chi connectivity index (χ4v) is 3.82. The molecule has 0 heterocycles. The second-order valence-corrected chi connectivity index (χ2v) is 7.69. The Balaban J connectivity index is 1.74. The van der Waals surface area contributed by atoms with Crippen molar-refractivity contribution in [2.45, 2.75) is 28.0 Å². The molecular formula is C23H19NO3S2. The molecule has 3 aromatic rings. The Morgan fingerprint density at radius 2 is 1.59 bits per heavy atom. The minimum atomic E-state index is -0.606. The molecule has 0 fully saturated rings. The van der Waals surface area contributed by atoms with Crippen molar-refractivity contribution in [3.63, 3.8) is 0 Å². The number of carbonyl (C=O) groups is 2. The van der Waals surface area contributed by atoms with Crippen molar-refractivity contribution in [1.82, 2.24) is 0 Å². The van der Waals surface area contributed by atoms with Crippen LogP contribution in [0.4, 0.5) is 0 Å². The van der Waals surface area contributed by atoms with E-state index in [-0.39, 0.29) is 11.5 Å². The fourth-order valence-electron chi connectivity index (χ4n) is 2.54. The Labute approximate surface area is 179 Å². The summed E-state index contributed by atoms with van der Waals surface area (Å²) in [5, 5.41) is 3.80. The first-order valence-electron chi connectivity index (χ1n) is 9.02. The summed E-state index contributed by atoms with van der Waals surface area (Å²) in [4.78, 5) is 32.5. The van der Waals surface area contributed by atoms with Gasteiger partial charge in [0.1, 0.15) is 5.71 Å². The van der Waals surface area contributed by atoms with Crippen LogP contribution in [-0.2, 0) is 4.84 Å². The van der Waals surface area contributed by atoms with E-state index in [0.29, 0.717) is 22.4 Å². The summed E-state index contributed by atoms with van der Waals surface area (Å²) in [5.74, 6) is -0.917. The lowest BCUT2D eigenvalue weighted by Gasteiger charge is -2.08. The SMILES string of the molecule is CCC(=NOC(=O)c1ccccc1)C(=O)c1ccc(Sc2ccccc2)cc1S. The molecule has 3 aromatic carbocycles. The van der Waals surface area contributed by atoms with E-state index in [2.05, 4.69) is 17.8 Å².